The number of hydroxylamine groups is 1. The molecule has 7 nitrogen and oxygen atoms in total. The van der Waals surface area contributed by atoms with E-state index in [1.807, 2.05) is 61.5 Å². The fourth-order valence-electron chi connectivity index (χ4n) is 2.99. The summed E-state index contributed by atoms with van der Waals surface area (Å²) >= 11 is 0. The van der Waals surface area contributed by atoms with Crippen molar-refractivity contribution in [2.75, 3.05) is 18.6 Å². The Kier molecular flexibility index (Phi) is 7.00. The van der Waals surface area contributed by atoms with Crippen molar-refractivity contribution in [3.63, 3.8) is 0 Å². The molecule has 0 fully saturated rings. The third-order valence-corrected chi connectivity index (χ3v) is 4.52. The standard InChI is InChI=1S/C21H24N2O5/c1-2-17-12-18-10-6-7-11-19(18)23(20(17)24)28-15-26-14-22-21(25)27-13-16-8-4-3-5-9-16/h3-11,17H,2,12-15H2,1H3,(H,22,25)/t17-/m0/s1. The Bertz CT molecular complexity index is 796. The highest BCUT2D eigenvalue weighted by molar-refractivity contribution is 5.96. The normalized spacial score (nSPS) is 15.8. The maximum absolute atomic E-state index is 12.6. The van der Waals surface area contributed by atoms with Crippen LogP contribution in [0, 0.1) is 5.92 Å². The first-order chi connectivity index (χ1) is 13.7. The summed E-state index contributed by atoms with van der Waals surface area (Å²) in [6.45, 7) is 1.90. The number of fused-ring (bicyclic) bond motifs is 1. The Labute approximate surface area is 164 Å². The number of nitrogens with one attached hydrogen (secondary N) is 1. The minimum Gasteiger partial charge on any atom is -0.445 e. The van der Waals surface area contributed by atoms with Crippen LogP contribution in [0.15, 0.2) is 54.6 Å². The number of benzene rings is 2. The highest BCUT2D eigenvalue weighted by atomic mass is 16.8. The molecule has 1 aliphatic rings. The van der Waals surface area contributed by atoms with Crippen molar-refractivity contribution in [1.29, 1.82) is 0 Å². The molecule has 0 spiro atoms. The molecule has 2 amide bonds. The first-order valence-electron chi connectivity index (χ1n) is 9.26. The average molecular weight is 384 g/mol. The van der Waals surface area contributed by atoms with Gasteiger partial charge in [-0.1, -0.05) is 55.5 Å². The highest BCUT2D eigenvalue weighted by Gasteiger charge is 2.32. The minimum atomic E-state index is -0.589. The van der Waals surface area contributed by atoms with Gasteiger partial charge in [0.05, 0.1) is 5.69 Å². The maximum Gasteiger partial charge on any atom is 0.409 e. The fourth-order valence-corrected chi connectivity index (χ4v) is 2.99. The Morgan fingerprint density at radius 2 is 1.89 bits per heavy atom. The lowest BCUT2D eigenvalue weighted by atomic mass is 9.91. The lowest BCUT2D eigenvalue weighted by Crippen LogP contribution is -2.42. The van der Waals surface area contributed by atoms with Crippen molar-refractivity contribution in [2.45, 2.75) is 26.4 Å². The van der Waals surface area contributed by atoms with E-state index in [1.165, 1.54) is 5.06 Å². The largest absolute Gasteiger partial charge is 0.445 e. The molecule has 0 radical (unpaired) electrons. The predicted octanol–water partition coefficient (Wildman–Crippen LogP) is 3.39. The van der Waals surface area contributed by atoms with Gasteiger partial charge in [-0.15, -0.1) is 0 Å². The SMILES string of the molecule is CC[C@H]1Cc2ccccc2N(OCOCNC(=O)OCc2ccccc2)C1=O. The van der Waals surface area contributed by atoms with Gasteiger partial charge in [0.25, 0.3) is 5.91 Å². The minimum absolute atomic E-state index is 0.0833. The highest BCUT2D eigenvalue weighted by Crippen LogP contribution is 2.31. The zero-order valence-corrected chi connectivity index (χ0v) is 15.8. The van der Waals surface area contributed by atoms with Crippen LogP contribution in [0.25, 0.3) is 0 Å². The smallest absolute Gasteiger partial charge is 0.409 e. The lowest BCUT2D eigenvalue weighted by molar-refractivity contribution is -0.139. The van der Waals surface area contributed by atoms with Crippen LogP contribution in [-0.2, 0) is 32.1 Å². The summed E-state index contributed by atoms with van der Waals surface area (Å²) in [6, 6.07) is 17.0. The number of anilines is 1. The van der Waals surface area contributed by atoms with E-state index >= 15 is 0 Å². The zero-order valence-electron chi connectivity index (χ0n) is 15.8. The van der Waals surface area contributed by atoms with Crippen molar-refractivity contribution in [3.8, 4) is 0 Å². The molecule has 0 aliphatic carbocycles. The van der Waals surface area contributed by atoms with Crippen LogP contribution in [0.4, 0.5) is 10.5 Å². The zero-order chi connectivity index (χ0) is 19.8. The summed E-state index contributed by atoms with van der Waals surface area (Å²) in [7, 11) is 0. The van der Waals surface area contributed by atoms with Gasteiger partial charge in [-0.3, -0.25) is 10.1 Å². The third-order valence-electron chi connectivity index (χ3n) is 4.52. The van der Waals surface area contributed by atoms with Crippen LogP contribution < -0.4 is 10.4 Å². The first-order valence-corrected chi connectivity index (χ1v) is 9.26. The Balaban J connectivity index is 1.41. The molecule has 1 atom stereocenters. The maximum atomic E-state index is 12.6. The quantitative estimate of drug-likeness (QED) is 0.558. The van der Waals surface area contributed by atoms with Crippen LogP contribution in [0.5, 0.6) is 0 Å². The number of ether oxygens (including phenoxy) is 2. The van der Waals surface area contributed by atoms with E-state index < -0.39 is 6.09 Å². The van der Waals surface area contributed by atoms with Gasteiger partial charge in [-0.2, -0.15) is 5.06 Å². The van der Waals surface area contributed by atoms with E-state index in [-0.39, 0.29) is 32.0 Å². The molecule has 3 rings (SSSR count). The van der Waals surface area contributed by atoms with Gasteiger partial charge in [0.1, 0.15) is 13.3 Å². The summed E-state index contributed by atoms with van der Waals surface area (Å²) in [6.07, 6.45) is 0.860. The van der Waals surface area contributed by atoms with E-state index in [1.54, 1.807) is 0 Å². The molecule has 0 saturated carbocycles. The van der Waals surface area contributed by atoms with Crippen molar-refractivity contribution in [3.05, 3.63) is 65.7 Å². The van der Waals surface area contributed by atoms with E-state index in [9.17, 15) is 9.59 Å². The molecule has 1 N–H and O–H groups in total. The summed E-state index contributed by atoms with van der Waals surface area (Å²) < 4.78 is 10.3. The monoisotopic (exact) mass is 384 g/mol. The Morgan fingerprint density at radius 3 is 2.68 bits per heavy atom. The number of para-hydroxylation sites is 1. The van der Waals surface area contributed by atoms with Gasteiger partial charge in [0, 0.05) is 5.92 Å². The molecule has 28 heavy (non-hydrogen) atoms. The van der Waals surface area contributed by atoms with Crippen molar-refractivity contribution in [1.82, 2.24) is 5.32 Å². The second kappa shape index (κ2) is 9.87. The van der Waals surface area contributed by atoms with Crippen LogP contribution in [0.1, 0.15) is 24.5 Å². The van der Waals surface area contributed by atoms with Gasteiger partial charge in [0.2, 0.25) is 0 Å². The second-order valence-electron chi connectivity index (χ2n) is 6.40. The van der Waals surface area contributed by atoms with Crippen LogP contribution in [-0.4, -0.2) is 25.5 Å². The van der Waals surface area contributed by atoms with Gasteiger partial charge >= 0.3 is 6.09 Å². The lowest BCUT2D eigenvalue weighted by Gasteiger charge is -2.32. The van der Waals surface area contributed by atoms with Crippen LogP contribution >= 0.6 is 0 Å². The number of carbonyl (C=O) groups is 2. The number of carbonyl (C=O) groups excluding carboxylic acids is 2. The van der Waals surface area contributed by atoms with Gasteiger partial charge in [0.15, 0.2) is 6.79 Å². The summed E-state index contributed by atoms with van der Waals surface area (Å²) in [4.78, 5) is 29.8. The van der Waals surface area contributed by atoms with Crippen LogP contribution in [0.3, 0.4) is 0 Å². The molecular weight excluding hydrogens is 360 g/mol. The molecular formula is C21H24N2O5. The predicted molar refractivity (Wildman–Crippen MR) is 103 cm³/mol. The van der Waals surface area contributed by atoms with E-state index in [0.717, 1.165) is 23.2 Å². The van der Waals surface area contributed by atoms with E-state index in [4.69, 9.17) is 14.3 Å². The number of nitrogens with zero attached hydrogens (tertiary/aromatic N) is 1. The second-order valence-corrected chi connectivity index (χ2v) is 6.40. The number of amides is 2. The molecule has 2 aromatic carbocycles. The molecule has 1 heterocycles. The third kappa shape index (κ3) is 5.09. The fraction of sp³-hybridized carbons (Fsp3) is 0.333. The molecule has 0 aromatic heterocycles. The van der Waals surface area contributed by atoms with E-state index in [0.29, 0.717) is 6.42 Å². The summed E-state index contributed by atoms with van der Waals surface area (Å²) in [5.41, 5.74) is 2.70. The van der Waals surface area contributed by atoms with Crippen molar-refractivity contribution in [2.24, 2.45) is 5.92 Å². The molecule has 0 unspecified atom stereocenters. The number of hydrogen-bond donors (Lipinski definition) is 1. The van der Waals surface area contributed by atoms with E-state index in [2.05, 4.69) is 5.32 Å². The number of alkyl carbamates (subject to hydrolysis) is 1. The molecule has 148 valence electrons. The molecule has 0 saturated heterocycles. The Hall–Kier alpha value is -2.90. The molecule has 7 heteroatoms. The summed E-state index contributed by atoms with van der Waals surface area (Å²) in [5, 5.41) is 3.77. The molecule has 0 bridgehead atoms. The molecule has 1 aliphatic heterocycles. The van der Waals surface area contributed by atoms with Gasteiger partial charge in [-0.25, -0.2) is 9.63 Å². The first kappa shape index (κ1) is 19.9. The van der Waals surface area contributed by atoms with Crippen LogP contribution in [0.2, 0.25) is 0 Å². The number of rotatable bonds is 8. The van der Waals surface area contributed by atoms with Crippen molar-refractivity contribution >= 4 is 17.7 Å². The Morgan fingerprint density at radius 1 is 1.14 bits per heavy atom. The van der Waals surface area contributed by atoms with Gasteiger partial charge < -0.3 is 9.47 Å². The van der Waals surface area contributed by atoms with Crippen molar-refractivity contribution < 1.29 is 23.9 Å². The van der Waals surface area contributed by atoms with Gasteiger partial charge in [-0.05, 0) is 30.0 Å². The topological polar surface area (TPSA) is 77.1 Å². The summed E-state index contributed by atoms with van der Waals surface area (Å²) in [5.74, 6) is -0.194. The average Bonchev–Trinajstić information content (AvgIpc) is 2.73. The number of hydrogen-bond acceptors (Lipinski definition) is 5. The molecule has 2 aromatic rings.